The van der Waals surface area contributed by atoms with Crippen LogP contribution in [0, 0.1) is 0 Å². The number of rotatable bonds is 5. The summed E-state index contributed by atoms with van der Waals surface area (Å²) in [6.45, 7) is 4.15. The van der Waals surface area contributed by atoms with Gasteiger partial charge in [0.15, 0.2) is 0 Å². The van der Waals surface area contributed by atoms with Crippen molar-refractivity contribution in [3.63, 3.8) is 0 Å². The third-order valence-electron chi connectivity index (χ3n) is 2.98. The van der Waals surface area contributed by atoms with E-state index in [0.717, 1.165) is 11.8 Å². The lowest BCUT2D eigenvalue weighted by Crippen LogP contribution is -2.07. The van der Waals surface area contributed by atoms with Crippen molar-refractivity contribution in [3.05, 3.63) is 41.6 Å². The third kappa shape index (κ3) is 3.67. The van der Waals surface area contributed by atoms with Crippen LogP contribution in [0.2, 0.25) is 0 Å². The Morgan fingerprint density at radius 3 is 2.41 bits per heavy atom. The molecule has 0 spiro atoms. The molecule has 116 valence electrons. The summed E-state index contributed by atoms with van der Waals surface area (Å²) in [6, 6.07) is 7.29. The van der Waals surface area contributed by atoms with Crippen LogP contribution in [0.15, 0.2) is 35.6 Å². The first-order chi connectivity index (χ1) is 10.4. The highest BCUT2D eigenvalue weighted by molar-refractivity contribution is 7.84. The van der Waals surface area contributed by atoms with Gasteiger partial charge in [-0.05, 0) is 23.6 Å². The zero-order chi connectivity index (χ0) is 16.3. The van der Waals surface area contributed by atoms with Crippen molar-refractivity contribution < 1.29 is 18.8 Å². The van der Waals surface area contributed by atoms with Crippen LogP contribution in [-0.2, 0) is 10.8 Å². The van der Waals surface area contributed by atoms with E-state index in [2.05, 4.69) is 23.8 Å². The number of carboxylic acid groups (broad SMARTS) is 1. The van der Waals surface area contributed by atoms with Gasteiger partial charge in [-0.15, -0.1) is 0 Å². The van der Waals surface area contributed by atoms with Gasteiger partial charge in [-0.1, -0.05) is 26.0 Å². The third-order valence-corrected chi connectivity index (χ3v) is 3.69. The first-order valence-corrected chi connectivity index (χ1v) is 8.16. The predicted octanol–water partition coefficient (Wildman–Crippen LogP) is 2.83. The van der Waals surface area contributed by atoms with Gasteiger partial charge < -0.3 is 9.84 Å². The second-order valence-electron chi connectivity index (χ2n) is 4.96. The average Bonchev–Trinajstić information content (AvgIpc) is 2.47. The molecule has 1 aromatic heterocycles. The van der Waals surface area contributed by atoms with Gasteiger partial charge in [-0.3, -0.25) is 4.21 Å². The summed E-state index contributed by atoms with van der Waals surface area (Å²) in [6.07, 6.45) is 2.51. The number of benzene rings is 1. The number of aromatic nitrogens is 2. The minimum absolute atomic E-state index is 0.0267. The Labute approximate surface area is 130 Å². The molecule has 1 heterocycles. The molecule has 1 N–H and O–H groups in total. The van der Waals surface area contributed by atoms with Crippen LogP contribution in [0.1, 0.15) is 35.7 Å². The van der Waals surface area contributed by atoms with Gasteiger partial charge >= 0.3 is 5.97 Å². The monoisotopic (exact) mass is 320 g/mol. The van der Waals surface area contributed by atoms with Crippen LogP contribution in [0.3, 0.4) is 0 Å². The zero-order valence-electron chi connectivity index (χ0n) is 12.4. The zero-order valence-corrected chi connectivity index (χ0v) is 13.3. The molecular formula is C15H16N2O4S. The van der Waals surface area contributed by atoms with E-state index >= 15 is 0 Å². The SMILES string of the molecule is CC(C)c1ccc(Oc2nc(S(C)=O)ncc2C(=O)O)cc1. The molecule has 0 radical (unpaired) electrons. The highest BCUT2D eigenvalue weighted by atomic mass is 32.2. The fraction of sp³-hybridized carbons (Fsp3) is 0.267. The molecule has 0 bridgehead atoms. The first-order valence-electron chi connectivity index (χ1n) is 6.60. The van der Waals surface area contributed by atoms with E-state index in [9.17, 15) is 9.00 Å². The second-order valence-corrected chi connectivity index (χ2v) is 6.23. The maximum absolute atomic E-state index is 11.4. The Balaban J connectivity index is 2.36. The van der Waals surface area contributed by atoms with E-state index in [1.54, 1.807) is 12.1 Å². The van der Waals surface area contributed by atoms with Gasteiger partial charge in [0.1, 0.15) is 11.3 Å². The highest BCUT2D eigenvalue weighted by Crippen LogP contribution is 2.25. The van der Waals surface area contributed by atoms with Gasteiger partial charge in [0, 0.05) is 6.26 Å². The number of hydrogen-bond acceptors (Lipinski definition) is 5. The minimum atomic E-state index is -1.42. The van der Waals surface area contributed by atoms with E-state index in [4.69, 9.17) is 9.84 Å². The van der Waals surface area contributed by atoms with Gasteiger partial charge in [0.05, 0.1) is 17.0 Å². The molecule has 0 saturated heterocycles. The highest BCUT2D eigenvalue weighted by Gasteiger charge is 2.17. The maximum Gasteiger partial charge on any atom is 0.342 e. The Hall–Kier alpha value is -2.28. The van der Waals surface area contributed by atoms with Crippen LogP contribution in [0.4, 0.5) is 0 Å². The number of hydrogen-bond donors (Lipinski definition) is 1. The average molecular weight is 320 g/mol. The molecule has 2 aromatic rings. The van der Waals surface area contributed by atoms with Crippen molar-refractivity contribution in [1.29, 1.82) is 0 Å². The van der Waals surface area contributed by atoms with Crippen molar-refractivity contribution in [2.24, 2.45) is 0 Å². The number of nitrogens with zero attached hydrogens (tertiary/aromatic N) is 2. The van der Waals surface area contributed by atoms with E-state index in [0.29, 0.717) is 11.7 Å². The molecule has 0 aliphatic carbocycles. The second kappa shape index (κ2) is 6.65. The summed E-state index contributed by atoms with van der Waals surface area (Å²) in [5.74, 6) is -0.484. The van der Waals surface area contributed by atoms with Gasteiger partial charge in [-0.25, -0.2) is 9.78 Å². The van der Waals surface area contributed by atoms with E-state index in [-0.39, 0.29) is 16.6 Å². The summed E-state index contributed by atoms with van der Waals surface area (Å²) in [7, 11) is -1.42. The topological polar surface area (TPSA) is 89.4 Å². The van der Waals surface area contributed by atoms with Crippen LogP contribution in [0.5, 0.6) is 11.6 Å². The lowest BCUT2D eigenvalue weighted by Gasteiger charge is -2.10. The molecule has 1 aromatic carbocycles. The molecule has 1 atom stereocenters. The van der Waals surface area contributed by atoms with Gasteiger partial charge in [0.25, 0.3) is 0 Å². The predicted molar refractivity (Wildman–Crippen MR) is 81.9 cm³/mol. The van der Waals surface area contributed by atoms with Crippen molar-refractivity contribution in [2.45, 2.75) is 24.9 Å². The van der Waals surface area contributed by atoms with Gasteiger partial charge in [0.2, 0.25) is 11.0 Å². The molecule has 1 unspecified atom stereocenters. The van der Waals surface area contributed by atoms with Crippen molar-refractivity contribution in [2.75, 3.05) is 6.26 Å². The number of ether oxygens (including phenoxy) is 1. The molecule has 2 rings (SSSR count). The Kier molecular flexibility index (Phi) is 4.87. The fourth-order valence-electron chi connectivity index (χ4n) is 1.75. The number of carbonyl (C=O) groups is 1. The molecule has 0 amide bonds. The normalized spacial score (nSPS) is 12.2. The lowest BCUT2D eigenvalue weighted by atomic mass is 10.0. The molecule has 0 aliphatic rings. The number of aromatic carboxylic acids is 1. The Bertz CT molecular complexity index is 714. The maximum atomic E-state index is 11.4. The molecule has 22 heavy (non-hydrogen) atoms. The summed E-state index contributed by atoms with van der Waals surface area (Å²) in [4.78, 5) is 18.9. The summed E-state index contributed by atoms with van der Waals surface area (Å²) >= 11 is 0. The molecule has 0 fully saturated rings. The van der Waals surface area contributed by atoms with Crippen molar-refractivity contribution in [1.82, 2.24) is 9.97 Å². The lowest BCUT2D eigenvalue weighted by molar-refractivity contribution is 0.0692. The van der Waals surface area contributed by atoms with Crippen molar-refractivity contribution in [3.8, 4) is 11.6 Å². The molecule has 0 saturated carbocycles. The minimum Gasteiger partial charge on any atom is -0.477 e. The van der Waals surface area contributed by atoms with Crippen LogP contribution < -0.4 is 4.74 Å². The molecule has 0 aliphatic heterocycles. The summed E-state index contributed by atoms with van der Waals surface area (Å²) < 4.78 is 17.0. The van der Waals surface area contributed by atoms with E-state index in [1.165, 1.54) is 6.26 Å². The Morgan fingerprint density at radius 1 is 1.27 bits per heavy atom. The van der Waals surface area contributed by atoms with Crippen molar-refractivity contribution >= 4 is 16.8 Å². The summed E-state index contributed by atoms with van der Waals surface area (Å²) in [5, 5.41) is 9.18. The van der Waals surface area contributed by atoms with Gasteiger partial charge in [-0.2, -0.15) is 4.98 Å². The first kappa shape index (κ1) is 16.1. The van der Waals surface area contributed by atoms with E-state index in [1.807, 2.05) is 12.1 Å². The fourth-order valence-corrected chi connectivity index (χ4v) is 2.16. The molecule has 7 heteroatoms. The smallest absolute Gasteiger partial charge is 0.342 e. The van der Waals surface area contributed by atoms with E-state index < -0.39 is 16.8 Å². The number of carboxylic acids is 1. The van der Waals surface area contributed by atoms with Crippen LogP contribution in [0.25, 0.3) is 0 Å². The quantitative estimate of drug-likeness (QED) is 0.852. The molecule has 6 nitrogen and oxygen atoms in total. The standard InChI is InChI=1S/C15H16N2O4S/c1-9(2)10-4-6-11(7-5-10)21-13-12(14(18)19)8-16-15(17-13)22(3)20/h4-9H,1-3H3,(H,18,19). The largest absolute Gasteiger partial charge is 0.477 e. The summed E-state index contributed by atoms with van der Waals surface area (Å²) in [5.41, 5.74) is 0.964. The van der Waals surface area contributed by atoms with Crippen LogP contribution >= 0.6 is 0 Å². The molecular weight excluding hydrogens is 304 g/mol. The Morgan fingerprint density at radius 2 is 1.91 bits per heavy atom. The van der Waals surface area contributed by atoms with Crippen LogP contribution in [-0.4, -0.2) is 31.5 Å².